The normalized spacial score (nSPS) is 21.3. The molecule has 1 saturated heterocycles. The third-order valence-corrected chi connectivity index (χ3v) is 5.00. The Morgan fingerprint density at radius 3 is 2.38 bits per heavy atom. The fourth-order valence-electron chi connectivity index (χ4n) is 3.50. The molecular formula is C20H23ClN4O. The van der Waals surface area contributed by atoms with E-state index in [2.05, 4.69) is 46.2 Å². The van der Waals surface area contributed by atoms with Crippen molar-refractivity contribution in [2.24, 2.45) is 5.73 Å². The van der Waals surface area contributed by atoms with Gasteiger partial charge in [-0.2, -0.15) is 4.98 Å². The van der Waals surface area contributed by atoms with Crippen molar-refractivity contribution in [3.63, 3.8) is 0 Å². The summed E-state index contributed by atoms with van der Waals surface area (Å²) in [5, 5.41) is 4.13. The average Bonchev–Trinajstić information content (AvgIpc) is 3.30. The number of benzene rings is 2. The second-order valence-corrected chi connectivity index (χ2v) is 6.63. The summed E-state index contributed by atoms with van der Waals surface area (Å²) in [6.45, 7) is 3.82. The summed E-state index contributed by atoms with van der Waals surface area (Å²) >= 11 is 0. The fraction of sp³-hybridized carbons (Fsp3) is 0.300. The van der Waals surface area contributed by atoms with E-state index in [1.807, 2.05) is 36.4 Å². The average molecular weight is 371 g/mol. The number of likely N-dealkylation sites (tertiary alicyclic amines) is 1. The summed E-state index contributed by atoms with van der Waals surface area (Å²) in [5.74, 6) is 1.60. The van der Waals surface area contributed by atoms with Crippen LogP contribution < -0.4 is 5.73 Å². The van der Waals surface area contributed by atoms with Gasteiger partial charge in [0.25, 0.3) is 0 Å². The summed E-state index contributed by atoms with van der Waals surface area (Å²) in [7, 11) is 0. The maximum absolute atomic E-state index is 6.41. The monoisotopic (exact) mass is 370 g/mol. The Morgan fingerprint density at radius 2 is 1.69 bits per heavy atom. The van der Waals surface area contributed by atoms with Gasteiger partial charge in [0.05, 0.1) is 6.04 Å². The van der Waals surface area contributed by atoms with Crippen molar-refractivity contribution < 1.29 is 4.52 Å². The maximum atomic E-state index is 6.41. The van der Waals surface area contributed by atoms with Crippen molar-refractivity contribution in [1.82, 2.24) is 15.0 Å². The van der Waals surface area contributed by atoms with E-state index in [1.54, 1.807) is 0 Å². The van der Waals surface area contributed by atoms with Crippen molar-refractivity contribution in [3.05, 3.63) is 72.1 Å². The molecule has 1 aliphatic rings. The molecule has 0 spiro atoms. The van der Waals surface area contributed by atoms with E-state index in [4.69, 9.17) is 10.3 Å². The second-order valence-electron chi connectivity index (χ2n) is 6.63. The predicted molar refractivity (Wildman–Crippen MR) is 104 cm³/mol. The number of halogens is 1. The molecule has 1 unspecified atom stereocenters. The predicted octanol–water partition coefficient (Wildman–Crippen LogP) is 3.65. The Hall–Kier alpha value is -2.21. The summed E-state index contributed by atoms with van der Waals surface area (Å²) in [6, 6.07) is 20.5. The highest BCUT2D eigenvalue weighted by molar-refractivity contribution is 5.85. The maximum Gasteiger partial charge on any atom is 0.244 e. The van der Waals surface area contributed by atoms with Gasteiger partial charge in [0.15, 0.2) is 0 Å². The molecule has 1 fully saturated rings. The highest BCUT2D eigenvalue weighted by atomic mass is 35.5. The molecule has 0 amide bonds. The smallest absolute Gasteiger partial charge is 0.244 e. The van der Waals surface area contributed by atoms with Crippen LogP contribution in [-0.2, 0) is 0 Å². The minimum Gasteiger partial charge on any atom is -0.337 e. The van der Waals surface area contributed by atoms with Crippen LogP contribution in [-0.4, -0.2) is 34.2 Å². The van der Waals surface area contributed by atoms with Gasteiger partial charge in [-0.3, -0.25) is 4.90 Å². The molecule has 0 aliphatic carbocycles. The Kier molecular flexibility index (Phi) is 5.71. The molecule has 3 aromatic rings. The van der Waals surface area contributed by atoms with Crippen LogP contribution in [0.3, 0.4) is 0 Å². The van der Waals surface area contributed by atoms with Crippen molar-refractivity contribution >= 4 is 12.4 Å². The molecule has 26 heavy (non-hydrogen) atoms. The lowest BCUT2D eigenvalue weighted by molar-refractivity contribution is 0.206. The quantitative estimate of drug-likeness (QED) is 0.759. The van der Waals surface area contributed by atoms with Gasteiger partial charge >= 0.3 is 0 Å². The van der Waals surface area contributed by atoms with Crippen molar-refractivity contribution in [3.8, 4) is 11.4 Å². The molecule has 0 bridgehead atoms. The van der Waals surface area contributed by atoms with Crippen LogP contribution in [0.2, 0.25) is 0 Å². The molecule has 2 aromatic carbocycles. The third-order valence-electron chi connectivity index (χ3n) is 5.00. The van der Waals surface area contributed by atoms with Crippen LogP contribution in [0.1, 0.15) is 30.3 Å². The lowest BCUT2D eigenvalue weighted by Crippen LogP contribution is -2.30. The summed E-state index contributed by atoms with van der Waals surface area (Å²) in [5.41, 5.74) is 8.66. The number of rotatable bonds is 4. The van der Waals surface area contributed by atoms with Gasteiger partial charge in [-0.15, -0.1) is 12.4 Å². The third kappa shape index (κ3) is 3.65. The molecule has 1 aliphatic heterocycles. The number of nitrogens with two attached hydrogens (primary N) is 1. The summed E-state index contributed by atoms with van der Waals surface area (Å²) in [4.78, 5) is 6.91. The van der Waals surface area contributed by atoms with E-state index >= 15 is 0 Å². The van der Waals surface area contributed by atoms with Crippen molar-refractivity contribution in [2.45, 2.75) is 24.9 Å². The molecular weight excluding hydrogens is 348 g/mol. The number of hydrogen-bond acceptors (Lipinski definition) is 5. The number of nitrogens with zero attached hydrogens (tertiary/aromatic N) is 3. The van der Waals surface area contributed by atoms with Crippen LogP contribution in [0.25, 0.3) is 11.4 Å². The van der Waals surface area contributed by atoms with E-state index < -0.39 is 0 Å². The van der Waals surface area contributed by atoms with E-state index in [0.29, 0.717) is 17.6 Å². The zero-order chi connectivity index (χ0) is 17.2. The van der Waals surface area contributed by atoms with Crippen LogP contribution in [0.5, 0.6) is 0 Å². The lowest BCUT2D eigenvalue weighted by Gasteiger charge is -2.20. The van der Waals surface area contributed by atoms with E-state index in [9.17, 15) is 0 Å². The van der Waals surface area contributed by atoms with E-state index in [0.717, 1.165) is 18.7 Å². The molecule has 4 rings (SSSR count). The standard InChI is InChI=1S/C20H22N4O.ClH/c1-14(20-22-19(23-25-20)16-10-6-3-7-11-16)24-12-17(18(21)13-24)15-8-4-2-5-9-15;/h2-11,14,17-18H,12-13,21H2,1H3;1H/t14?,17-,18+;/m0./s1. The highest BCUT2D eigenvalue weighted by Crippen LogP contribution is 2.32. The van der Waals surface area contributed by atoms with E-state index in [1.165, 1.54) is 5.56 Å². The van der Waals surface area contributed by atoms with Gasteiger partial charge in [0.2, 0.25) is 11.7 Å². The van der Waals surface area contributed by atoms with Gasteiger partial charge < -0.3 is 10.3 Å². The SMILES string of the molecule is CC(c1nc(-c2ccccc2)no1)N1C[C@@H](N)[C@H](c2ccccc2)C1.Cl. The first-order chi connectivity index (χ1) is 12.2. The van der Waals surface area contributed by atoms with E-state index in [-0.39, 0.29) is 24.5 Å². The Labute approximate surface area is 159 Å². The van der Waals surface area contributed by atoms with Crippen LogP contribution >= 0.6 is 12.4 Å². The van der Waals surface area contributed by atoms with Gasteiger partial charge in [-0.25, -0.2) is 0 Å². The summed E-state index contributed by atoms with van der Waals surface area (Å²) < 4.78 is 5.53. The molecule has 2 N–H and O–H groups in total. The molecule has 6 heteroatoms. The Morgan fingerprint density at radius 1 is 1.04 bits per heavy atom. The van der Waals surface area contributed by atoms with Crippen molar-refractivity contribution in [1.29, 1.82) is 0 Å². The van der Waals surface area contributed by atoms with Gasteiger partial charge in [-0.1, -0.05) is 65.8 Å². The molecule has 0 radical (unpaired) electrons. The molecule has 0 saturated carbocycles. The lowest BCUT2D eigenvalue weighted by atomic mass is 9.95. The molecule has 5 nitrogen and oxygen atoms in total. The highest BCUT2D eigenvalue weighted by Gasteiger charge is 2.35. The zero-order valence-electron chi connectivity index (χ0n) is 14.7. The van der Waals surface area contributed by atoms with Crippen molar-refractivity contribution in [2.75, 3.05) is 13.1 Å². The first-order valence-electron chi connectivity index (χ1n) is 8.66. The first-order valence-corrected chi connectivity index (χ1v) is 8.66. The molecule has 2 heterocycles. The number of hydrogen-bond donors (Lipinski definition) is 1. The van der Waals surface area contributed by atoms with Gasteiger partial charge in [0, 0.05) is 30.6 Å². The largest absolute Gasteiger partial charge is 0.337 e. The summed E-state index contributed by atoms with van der Waals surface area (Å²) in [6.07, 6.45) is 0. The molecule has 1 aromatic heterocycles. The van der Waals surface area contributed by atoms with Gasteiger partial charge in [-0.05, 0) is 12.5 Å². The van der Waals surface area contributed by atoms with Crippen LogP contribution in [0.4, 0.5) is 0 Å². The fourth-order valence-corrected chi connectivity index (χ4v) is 3.50. The topological polar surface area (TPSA) is 68.2 Å². The zero-order valence-corrected chi connectivity index (χ0v) is 15.5. The first kappa shape index (κ1) is 18.6. The minimum atomic E-state index is 0. The Bertz CT molecular complexity index is 824. The molecule has 136 valence electrons. The Balaban J connectivity index is 0.00000196. The van der Waals surface area contributed by atoms with Crippen LogP contribution in [0.15, 0.2) is 65.2 Å². The second kappa shape index (κ2) is 7.99. The molecule has 3 atom stereocenters. The minimum absolute atomic E-state index is 0. The number of aromatic nitrogens is 2. The van der Waals surface area contributed by atoms with Crippen LogP contribution in [0, 0.1) is 0 Å². The van der Waals surface area contributed by atoms with Gasteiger partial charge in [0.1, 0.15) is 0 Å².